The summed E-state index contributed by atoms with van der Waals surface area (Å²) in [5.74, 6) is -0.312. The minimum atomic E-state index is -3.42. The molecule has 2 rings (SSSR count). The van der Waals surface area contributed by atoms with Crippen molar-refractivity contribution in [2.45, 2.75) is 0 Å². The van der Waals surface area contributed by atoms with Crippen LogP contribution in [-0.2, 0) is 13.9 Å². The summed E-state index contributed by atoms with van der Waals surface area (Å²) in [4.78, 5) is 16.3. The topological polar surface area (TPSA) is 74.2 Å². The van der Waals surface area contributed by atoms with E-state index < -0.39 is 13.3 Å². The Labute approximate surface area is 183 Å². The number of carbonyl (C=O) groups is 1. The number of anilines is 2. The predicted molar refractivity (Wildman–Crippen MR) is 126 cm³/mol. The van der Waals surface area contributed by atoms with Crippen molar-refractivity contribution < 1.29 is 13.9 Å². The molecule has 0 radical (unpaired) electrons. The number of halogens is 1. The molecule has 0 unspecified atom stereocenters. The average molecular weight is 451 g/mol. The Hall–Kier alpha value is -2.34. The van der Waals surface area contributed by atoms with Crippen LogP contribution in [0.15, 0.2) is 53.6 Å². The van der Waals surface area contributed by atoms with Gasteiger partial charge in [0.1, 0.15) is 6.16 Å². The van der Waals surface area contributed by atoms with E-state index in [1.807, 2.05) is 74.4 Å². The van der Waals surface area contributed by atoms with Gasteiger partial charge in [0.05, 0.1) is 12.8 Å². The molecule has 0 fully saturated rings. The van der Waals surface area contributed by atoms with Crippen molar-refractivity contribution in [1.82, 2.24) is 5.43 Å². The fourth-order valence-corrected chi connectivity index (χ4v) is 4.68. The first kappa shape index (κ1) is 23.9. The molecule has 0 aliphatic rings. The fourth-order valence-electron chi connectivity index (χ4n) is 2.63. The summed E-state index contributed by atoms with van der Waals surface area (Å²) >= 11 is 5.70. The van der Waals surface area contributed by atoms with Gasteiger partial charge in [-0.3, -0.25) is 9.36 Å². The Morgan fingerprint density at radius 2 is 1.57 bits per heavy atom. The number of rotatable bonds is 10. The molecule has 1 N–H and O–H groups in total. The highest BCUT2D eigenvalue weighted by Crippen LogP contribution is 2.45. The Morgan fingerprint density at radius 1 is 1.03 bits per heavy atom. The second kappa shape index (κ2) is 11.2. The average Bonchev–Trinajstić information content (AvgIpc) is 2.72. The third kappa shape index (κ3) is 6.87. The highest BCUT2D eigenvalue weighted by molar-refractivity contribution is 7.67. The molecule has 0 aliphatic carbocycles. The van der Waals surface area contributed by atoms with Gasteiger partial charge in [0.2, 0.25) is 13.3 Å². The molecule has 0 aliphatic heterocycles. The lowest BCUT2D eigenvalue weighted by Gasteiger charge is -2.19. The van der Waals surface area contributed by atoms with E-state index in [-0.39, 0.29) is 18.6 Å². The van der Waals surface area contributed by atoms with Gasteiger partial charge in [-0.15, -0.1) is 11.6 Å². The standard InChI is InChI=1S/C21H28ClN4O3P/c1-25(2)18-7-5-17(6-8-18)15-23-24-21(27)16-30(28,29-14-13-22)20-11-9-19(10-12-20)26(3)4/h5-12,15H,13-14,16H2,1-4H3,(H,24,27)/b23-15-/t30-/m0/s1. The van der Waals surface area contributed by atoms with Crippen LogP contribution in [0.2, 0.25) is 0 Å². The molecule has 0 spiro atoms. The number of benzene rings is 2. The van der Waals surface area contributed by atoms with Crippen molar-refractivity contribution in [3.8, 4) is 0 Å². The Kier molecular flexibility index (Phi) is 8.90. The van der Waals surface area contributed by atoms with Crippen molar-refractivity contribution in [3.05, 3.63) is 54.1 Å². The van der Waals surface area contributed by atoms with Crippen LogP contribution >= 0.6 is 19.0 Å². The fraction of sp³-hybridized carbons (Fsp3) is 0.333. The molecule has 9 heteroatoms. The van der Waals surface area contributed by atoms with Gasteiger partial charge >= 0.3 is 0 Å². The number of amides is 1. The second-order valence-corrected chi connectivity index (χ2v) is 9.86. The lowest BCUT2D eigenvalue weighted by Crippen LogP contribution is -2.25. The van der Waals surface area contributed by atoms with E-state index >= 15 is 0 Å². The Balaban J connectivity index is 2.06. The maximum Gasteiger partial charge on any atom is 0.250 e. The van der Waals surface area contributed by atoms with E-state index in [4.69, 9.17) is 16.1 Å². The zero-order valence-corrected chi connectivity index (χ0v) is 19.4. The Morgan fingerprint density at radius 3 is 2.07 bits per heavy atom. The van der Waals surface area contributed by atoms with Crippen LogP contribution in [-0.4, -0.2) is 59.0 Å². The third-order valence-electron chi connectivity index (χ3n) is 4.30. The molecule has 7 nitrogen and oxygen atoms in total. The Bertz CT molecular complexity index is 899. The summed E-state index contributed by atoms with van der Waals surface area (Å²) in [6.45, 7) is 0.0863. The van der Waals surface area contributed by atoms with Crippen molar-refractivity contribution >= 4 is 47.8 Å². The number of hydrogen-bond donors (Lipinski definition) is 1. The molecule has 2 aromatic rings. The van der Waals surface area contributed by atoms with Crippen LogP contribution in [0.5, 0.6) is 0 Å². The van der Waals surface area contributed by atoms with Crippen molar-refractivity contribution in [3.63, 3.8) is 0 Å². The molecule has 162 valence electrons. The number of hydrogen-bond acceptors (Lipinski definition) is 6. The van der Waals surface area contributed by atoms with Gasteiger partial charge in [-0.25, -0.2) is 5.43 Å². The van der Waals surface area contributed by atoms with Gasteiger partial charge in [0.25, 0.3) is 0 Å². The first-order valence-electron chi connectivity index (χ1n) is 9.42. The van der Waals surface area contributed by atoms with E-state index in [0.29, 0.717) is 5.30 Å². The molecule has 0 heterocycles. The second-order valence-electron chi connectivity index (χ2n) is 7.04. The number of alkyl halides is 1. The van der Waals surface area contributed by atoms with Gasteiger partial charge in [-0.05, 0) is 42.0 Å². The first-order valence-corrected chi connectivity index (χ1v) is 11.8. The highest BCUT2D eigenvalue weighted by atomic mass is 35.5. The molecule has 0 saturated carbocycles. The van der Waals surface area contributed by atoms with Gasteiger partial charge in [0, 0.05) is 50.8 Å². The van der Waals surface area contributed by atoms with E-state index in [1.54, 1.807) is 12.1 Å². The highest BCUT2D eigenvalue weighted by Gasteiger charge is 2.29. The summed E-state index contributed by atoms with van der Waals surface area (Å²) in [7, 11) is 4.33. The minimum Gasteiger partial charge on any atom is -0.378 e. The van der Waals surface area contributed by atoms with Crippen LogP contribution < -0.4 is 20.5 Å². The number of nitrogens with one attached hydrogen (secondary N) is 1. The summed E-state index contributed by atoms with van der Waals surface area (Å²) < 4.78 is 18.9. The van der Waals surface area contributed by atoms with Crippen LogP contribution in [0.25, 0.3) is 0 Å². The number of carbonyl (C=O) groups excluding carboxylic acids is 1. The van der Waals surface area contributed by atoms with Crippen molar-refractivity contribution in [2.75, 3.05) is 56.6 Å². The van der Waals surface area contributed by atoms with E-state index in [1.165, 1.54) is 6.21 Å². The van der Waals surface area contributed by atoms with E-state index in [9.17, 15) is 9.36 Å². The van der Waals surface area contributed by atoms with Crippen molar-refractivity contribution in [1.29, 1.82) is 0 Å². The smallest absolute Gasteiger partial charge is 0.250 e. The number of nitrogens with zero attached hydrogens (tertiary/aromatic N) is 3. The summed E-state index contributed by atoms with van der Waals surface area (Å²) in [6.07, 6.45) is 1.22. The van der Waals surface area contributed by atoms with Gasteiger partial charge in [0.15, 0.2) is 0 Å². The first-order chi connectivity index (χ1) is 14.2. The maximum atomic E-state index is 13.4. The number of hydrazone groups is 1. The lowest BCUT2D eigenvalue weighted by molar-refractivity contribution is -0.118. The predicted octanol–water partition coefficient (Wildman–Crippen LogP) is 3.13. The monoisotopic (exact) mass is 450 g/mol. The zero-order chi connectivity index (χ0) is 22.1. The molecule has 2 aromatic carbocycles. The molecule has 1 atom stereocenters. The minimum absolute atomic E-state index is 0.0863. The van der Waals surface area contributed by atoms with Crippen molar-refractivity contribution in [2.24, 2.45) is 5.10 Å². The normalized spacial score (nSPS) is 13.1. The summed E-state index contributed by atoms with van der Waals surface area (Å²) in [5.41, 5.74) is 5.28. The van der Waals surface area contributed by atoms with Crippen LogP contribution in [0.3, 0.4) is 0 Å². The molecule has 0 bridgehead atoms. The molecule has 1 amide bonds. The van der Waals surface area contributed by atoms with E-state index in [2.05, 4.69) is 10.5 Å². The van der Waals surface area contributed by atoms with Crippen LogP contribution in [0.1, 0.15) is 5.56 Å². The largest absolute Gasteiger partial charge is 0.378 e. The third-order valence-corrected chi connectivity index (χ3v) is 6.84. The molecular weight excluding hydrogens is 423 g/mol. The maximum absolute atomic E-state index is 13.4. The quantitative estimate of drug-likeness (QED) is 0.260. The molecule has 30 heavy (non-hydrogen) atoms. The molecule has 0 saturated heterocycles. The molecule has 0 aromatic heterocycles. The van der Waals surface area contributed by atoms with Crippen LogP contribution in [0, 0.1) is 0 Å². The SMILES string of the molecule is CN(C)c1ccc(/C=N\NC(=O)C[P@](=O)(OCCCl)c2ccc(N(C)C)cc2)cc1. The van der Waals surface area contributed by atoms with Gasteiger partial charge in [-0.1, -0.05) is 12.1 Å². The zero-order valence-electron chi connectivity index (χ0n) is 17.7. The summed E-state index contributed by atoms with van der Waals surface area (Å²) in [6, 6.07) is 14.8. The van der Waals surface area contributed by atoms with Crippen LogP contribution in [0.4, 0.5) is 11.4 Å². The van der Waals surface area contributed by atoms with Gasteiger partial charge < -0.3 is 14.3 Å². The van der Waals surface area contributed by atoms with Gasteiger partial charge in [-0.2, -0.15) is 5.10 Å². The lowest BCUT2D eigenvalue weighted by atomic mass is 10.2. The summed E-state index contributed by atoms with van der Waals surface area (Å²) in [5, 5.41) is 4.43. The molecular formula is C21H28ClN4O3P. The van der Waals surface area contributed by atoms with E-state index in [0.717, 1.165) is 16.9 Å².